The topological polar surface area (TPSA) is 71.5 Å². The summed E-state index contributed by atoms with van der Waals surface area (Å²) < 4.78 is 0. The second-order valence-corrected chi connectivity index (χ2v) is 7.23. The van der Waals surface area contributed by atoms with Crippen molar-refractivity contribution in [3.8, 4) is 0 Å². The zero-order valence-corrected chi connectivity index (χ0v) is 13.5. The fourth-order valence-corrected chi connectivity index (χ4v) is 3.14. The van der Waals surface area contributed by atoms with Crippen LogP contribution in [0.3, 0.4) is 0 Å². The van der Waals surface area contributed by atoms with Gasteiger partial charge in [0.25, 0.3) is 11.8 Å². The highest BCUT2D eigenvalue weighted by Crippen LogP contribution is 2.32. The van der Waals surface area contributed by atoms with Crippen LogP contribution in [0.2, 0.25) is 0 Å². The van der Waals surface area contributed by atoms with Gasteiger partial charge in [-0.1, -0.05) is 26.8 Å². The van der Waals surface area contributed by atoms with Crippen LogP contribution in [0.1, 0.15) is 66.3 Å². The number of ketones is 2. The highest BCUT2D eigenvalue weighted by molar-refractivity contribution is 6.23. The summed E-state index contributed by atoms with van der Waals surface area (Å²) in [7, 11) is 0. The van der Waals surface area contributed by atoms with Gasteiger partial charge in [-0.25, -0.2) is 0 Å². The minimum atomic E-state index is -0.807. The van der Waals surface area contributed by atoms with E-state index in [1.165, 1.54) is 0 Å². The first-order valence-electron chi connectivity index (χ1n) is 7.77. The maximum absolute atomic E-state index is 12.7. The molecule has 2 amide bonds. The van der Waals surface area contributed by atoms with Crippen LogP contribution in [0.15, 0.2) is 18.2 Å². The fraction of sp³-hybridized carbons (Fsp3) is 0.444. The molecule has 5 heteroatoms. The van der Waals surface area contributed by atoms with Crippen LogP contribution in [0.25, 0.3) is 0 Å². The number of Topliss-reactive ketones (excluding diaryl/α,β-unsaturated/α-hetero) is 2. The molecule has 0 N–H and O–H groups in total. The lowest BCUT2D eigenvalue weighted by Crippen LogP contribution is -2.47. The molecular weight excluding hydrogens is 294 g/mol. The van der Waals surface area contributed by atoms with Gasteiger partial charge in [0, 0.05) is 6.42 Å². The van der Waals surface area contributed by atoms with Crippen LogP contribution in [0, 0.1) is 0 Å². The zero-order chi connectivity index (χ0) is 16.9. The van der Waals surface area contributed by atoms with Gasteiger partial charge in [0.15, 0.2) is 5.78 Å². The van der Waals surface area contributed by atoms with Crippen LogP contribution in [0.4, 0.5) is 0 Å². The molecule has 23 heavy (non-hydrogen) atoms. The van der Waals surface area contributed by atoms with Gasteiger partial charge in [-0.05, 0) is 29.5 Å². The molecule has 1 aromatic carbocycles. The third-order valence-corrected chi connectivity index (χ3v) is 4.54. The van der Waals surface area contributed by atoms with Gasteiger partial charge < -0.3 is 0 Å². The van der Waals surface area contributed by atoms with E-state index in [1.807, 2.05) is 26.8 Å². The molecule has 1 fully saturated rings. The van der Waals surface area contributed by atoms with Crippen LogP contribution >= 0.6 is 0 Å². The lowest BCUT2D eigenvalue weighted by molar-refractivity contribution is -0.132. The Kier molecular flexibility index (Phi) is 3.47. The molecule has 1 atom stereocenters. The van der Waals surface area contributed by atoms with E-state index in [4.69, 9.17) is 0 Å². The summed E-state index contributed by atoms with van der Waals surface area (Å²) in [6.45, 7) is 6.10. The SMILES string of the molecule is CC(C)(C)c1ccc2c(c1)C(=O)N(C1CCC(=O)CC1=O)C2=O. The van der Waals surface area contributed by atoms with E-state index in [2.05, 4.69) is 0 Å². The largest absolute Gasteiger partial charge is 0.299 e. The molecule has 120 valence electrons. The lowest BCUT2D eigenvalue weighted by atomic mass is 9.85. The van der Waals surface area contributed by atoms with E-state index >= 15 is 0 Å². The molecule has 1 aliphatic heterocycles. The lowest BCUT2D eigenvalue weighted by Gasteiger charge is -2.27. The second-order valence-electron chi connectivity index (χ2n) is 7.23. The number of imide groups is 1. The van der Waals surface area contributed by atoms with E-state index in [0.717, 1.165) is 10.5 Å². The van der Waals surface area contributed by atoms with Gasteiger partial charge in [0.05, 0.1) is 23.6 Å². The predicted molar refractivity (Wildman–Crippen MR) is 83.3 cm³/mol. The maximum Gasteiger partial charge on any atom is 0.262 e. The molecule has 1 aromatic rings. The quantitative estimate of drug-likeness (QED) is 0.589. The summed E-state index contributed by atoms with van der Waals surface area (Å²) >= 11 is 0. The zero-order valence-electron chi connectivity index (χ0n) is 13.5. The molecule has 0 saturated heterocycles. The molecule has 1 aliphatic carbocycles. The monoisotopic (exact) mass is 313 g/mol. The Morgan fingerprint density at radius 1 is 1.00 bits per heavy atom. The van der Waals surface area contributed by atoms with Crippen molar-refractivity contribution in [1.29, 1.82) is 0 Å². The Morgan fingerprint density at radius 3 is 2.26 bits per heavy atom. The minimum absolute atomic E-state index is 0.127. The van der Waals surface area contributed by atoms with Crippen molar-refractivity contribution in [3.63, 3.8) is 0 Å². The first-order chi connectivity index (χ1) is 10.7. The molecule has 2 aliphatic rings. The van der Waals surface area contributed by atoms with E-state index in [1.54, 1.807) is 12.1 Å². The first-order valence-corrected chi connectivity index (χ1v) is 7.77. The van der Waals surface area contributed by atoms with Crippen molar-refractivity contribution in [1.82, 2.24) is 4.90 Å². The Labute approximate surface area is 134 Å². The number of rotatable bonds is 1. The number of carbonyl (C=O) groups is 4. The highest BCUT2D eigenvalue weighted by Gasteiger charge is 2.44. The molecule has 3 rings (SSSR count). The van der Waals surface area contributed by atoms with Gasteiger partial charge in [0.1, 0.15) is 5.78 Å². The standard InChI is InChI=1S/C18H19NO4/c1-18(2,3)10-4-6-12-13(8-10)17(23)19(16(12)22)14-7-5-11(20)9-15(14)21/h4,6,8,14H,5,7,9H2,1-3H3. The Bertz CT molecular complexity index is 742. The first kappa shape index (κ1) is 15.6. The fourth-order valence-electron chi connectivity index (χ4n) is 3.14. The molecule has 1 unspecified atom stereocenters. The van der Waals surface area contributed by atoms with Crippen molar-refractivity contribution in [3.05, 3.63) is 34.9 Å². The summed E-state index contributed by atoms with van der Waals surface area (Å²) in [5, 5.41) is 0. The van der Waals surface area contributed by atoms with Crippen molar-refractivity contribution < 1.29 is 19.2 Å². The molecule has 1 heterocycles. The third kappa shape index (κ3) is 2.50. The Hall–Kier alpha value is -2.30. The number of hydrogen-bond acceptors (Lipinski definition) is 4. The number of nitrogens with zero attached hydrogens (tertiary/aromatic N) is 1. The number of fused-ring (bicyclic) bond motifs is 1. The van der Waals surface area contributed by atoms with Crippen molar-refractivity contribution in [2.45, 2.75) is 51.5 Å². The summed E-state index contributed by atoms with van der Waals surface area (Å²) in [4.78, 5) is 49.7. The maximum atomic E-state index is 12.7. The summed E-state index contributed by atoms with van der Waals surface area (Å²) in [6, 6.07) is 4.45. The van der Waals surface area contributed by atoms with E-state index in [0.29, 0.717) is 11.1 Å². The van der Waals surface area contributed by atoms with E-state index in [-0.39, 0.29) is 36.2 Å². The Morgan fingerprint density at radius 2 is 1.65 bits per heavy atom. The van der Waals surface area contributed by atoms with Gasteiger partial charge in [0.2, 0.25) is 0 Å². The third-order valence-electron chi connectivity index (χ3n) is 4.54. The molecular formula is C18H19NO4. The van der Waals surface area contributed by atoms with Gasteiger partial charge in [-0.15, -0.1) is 0 Å². The van der Waals surface area contributed by atoms with Crippen LogP contribution in [0.5, 0.6) is 0 Å². The number of benzene rings is 1. The molecule has 0 bridgehead atoms. The van der Waals surface area contributed by atoms with Gasteiger partial charge in [-0.2, -0.15) is 0 Å². The van der Waals surface area contributed by atoms with Crippen LogP contribution in [-0.2, 0) is 15.0 Å². The molecule has 1 saturated carbocycles. The van der Waals surface area contributed by atoms with Crippen LogP contribution in [-0.4, -0.2) is 34.3 Å². The summed E-state index contributed by atoms with van der Waals surface area (Å²) in [5.41, 5.74) is 1.52. The normalized spacial score (nSPS) is 21.9. The highest BCUT2D eigenvalue weighted by atomic mass is 16.2. The molecule has 0 spiro atoms. The molecule has 5 nitrogen and oxygen atoms in total. The van der Waals surface area contributed by atoms with Gasteiger partial charge in [-0.3, -0.25) is 24.1 Å². The number of carbonyl (C=O) groups excluding carboxylic acids is 4. The summed E-state index contributed by atoms with van der Waals surface area (Å²) in [6.07, 6.45) is 0.275. The average Bonchev–Trinajstić information content (AvgIpc) is 2.71. The van der Waals surface area contributed by atoms with E-state index < -0.39 is 17.9 Å². The van der Waals surface area contributed by atoms with Crippen LogP contribution < -0.4 is 0 Å². The number of hydrogen-bond donors (Lipinski definition) is 0. The smallest absolute Gasteiger partial charge is 0.262 e. The molecule has 0 radical (unpaired) electrons. The Balaban J connectivity index is 1.98. The predicted octanol–water partition coefficient (Wildman–Crippen LogP) is 2.27. The second kappa shape index (κ2) is 5.11. The summed E-state index contributed by atoms with van der Waals surface area (Å²) in [5.74, 6) is -1.33. The van der Waals surface area contributed by atoms with Crippen molar-refractivity contribution in [2.24, 2.45) is 0 Å². The van der Waals surface area contributed by atoms with Crippen molar-refractivity contribution >= 4 is 23.4 Å². The minimum Gasteiger partial charge on any atom is -0.299 e. The van der Waals surface area contributed by atoms with Gasteiger partial charge >= 0.3 is 0 Å². The van der Waals surface area contributed by atoms with E-state index in [9.17, 15) is 19.2 Å². The van der Waals surface area contributed by atoms with Crippen molar-refractivity contribution in [2.75, 3.05) is 0 Å². The number of amides is 2. The molecule has 0 aromatic heterocycles. The average molecular weight is 313 g/mol.